The monoisotopic (exact) mass is 300 g/mol. The Bertz CT molecular complexity index is 408. The van der Waals surface area contributed by atoms with Crippen molar-refractivity contribution >= 4 is 17.8 Å². The lowest BCUT2D eigenvalue weighted by atomic mass is 9.77. The molecule has 1 aliphatic rings. The number of hydrogen-bond donors (Lipinski definition) is 3. The van der Waals surface area contributed by atoms with Crippen LogP contribution < -0.4 is 10.6 Å². The van der Waals surface area contributed by atoms with E-state index in [4.69, 9.17) is 5.11 Å². The molecule has 0 radical (unpaired) electrons. The number of amides is 1. The number of carbonyl (C=O) groups is 3. The lowest BCUT2D eigenvalue weighted by Gasteiger charge is -2.38. The van der Waals surface area contributed by atoms with Crippen molar-refractivity contribution in [3.63, 3.8) is 0 Å². The van der Waals surface area contributed by atoms with Crippen LogP contribution in [0, 0.1) is 5.41 Å². The van der Waals surface area contributed by atoms with Crippen molar-refractivity contribution in [3.05, 3.63) is 0 Å². The molecule has 120 valence electrons. The maximum atomic E-state index is 12.3. The van der Waals surface area contributed by atoms with Crippen LogP contribution in [0.1, 0.15) is 39.5 Å². The molecule has 0 aliphatic carbocycles. The molecule has 21 heavy (non-hydrogen) atoms. The van der Waals surface area contributed by atoms with Gasteiger partial charge >= 0.3 is 11.9 Å². The van der Waals surface area contributed by atoms with Gasteiger partial charge in [-0.05, 0) is 31.2 Å². The zero-order valence-corrected chi connectivity index (χ0v) is 12.8. The summed E-state index contributed by atoms with van der Waals surface area (Å²) in [7, 11) is 1.24. The van der Waals surface area contributed by atoms with E-state index in [1.54, 1.807) is 0 Å². The van der Waals surface area contributed by atoms with Crippen LogP contribution in [-0.4, -0.2) is 48.7 Å². The lowest BCUT2D eigenvalue weighted by Crippen LogP contribution is -2.58. The third-order valence-corrected chi connectivity index (χ3v) is 3.87. The molecule has 1 unspecified atom stereocenters. The van der Waals surface area contributed by atoms with Crippen molar-refractivity contribution in [2.45, 2.75) is 51.6 Å². The SMILES string of the molecule is COC(=O)CC[C@@H](NC(=O)C1NCCCC1(C)C)C(=O)O. The molecule has 7 nitrogen and oxygen atoms in total. The molecule has 0 aromatic rings. The highest BCUT2D eigenvalue weighted by molar-refractivity contribution is 5.87. The fourth-order valence-corrected chi connectivity index (χ4v) is 2.54. The maximum Gasteiger partial charge on any atom is 0.326 e. The molecular formula is C14H24N2O5. The minimum absolute atomic E-state index is 0.0148. The Morgan fingerprint density at radius 3 is 2.62 bits per heavy atom. The van der Waals surface area contributed by atoms with Gasteiger partial charge in [0.2, 0.25) is 5.91 Å². The molecule has 3 N–H and O–H groups in total. The predicted molar refractivity (Wildman–Crippen MR) is 75.6 cm³/mol. The van der Waals surface area contributed by atoms with Crippen molar-refractivity contribution in [1.29, 1.82) is 0 Å². The number of methoxy groups -OCH3 is 1. The molecule has 0 aromatic heterocycles. The molecular weight excluding hydrogens is 276 g/mol. The minimum Gasteiger partial charge on any atom is -0.480 e. The number of carboxylic acid groups (broad SMARTS) is 1. The molecule has 2 atom stereocenters. The van der Waals surface area contributed by atoms with Gasteiger partial charge in [-0.2, -0.15) is 0 Å². The summed E-state index contributed by atoms with van der Waals surface area (Å²) in [4.78, 5) is 34.6. The average Bonchev–Trinajstić information content (AvgIpc) is 2.41. The molecule has 1 aliphatic heterocycles. The van der Waals surface area contributed by atoms with E-state index in [9.17, 15) is 14.4 Å². The summed E-state index contributed by atoms with van der Waals surface area (Å²) in [6.45, 7) is 4.70. The highest BCUT2D eigenvalue weighted by Gasteiger charge is 2.38. The molecule has 1 fully saturated rings. The van der Waals surface area contributed by atoms with Crippen LogP contribution in [0.25, 0.3) is 0 Å². The summed E-state index contributed by atoms with van der Waals surface area (Å²) in [5.74, 6) is -1.98. The van der Waals surface area contributed by atoms with Crippen LogP contribution in [0.4, 0.5) is 0 Å². The van der Waals surface area contributed by atoms with Gasteiger partial charge in [0.15, 0.2) is 0 Å². The topological polar surface area (TPSA) is 105 Å². The van der Waals surface area contributed by atoms with Crippen LogP contribution in [0.5, 0.6) is 0 Å². The quantitative estimate of drug-likeness (QED) is 0.609. The Balaban J connectivity index is 2.63. The van der Waals surface area contributed by atoms with E-state index >= 15 is 0 Å². The Morgan fingerprint density at radius 2 is 2.10 bits per heavy atom. The molecule has 1 amide bonds. The molecule has 0 bridgehead atoms. The van der Waals surface area contributed by atoms with Crippen LogP contribution >= 0.6 is 0 Å². The van der Waals surface area contributed by atoms with Gasteiger partial charge in [0, 0.05) is 6.42 Å². The first-order valence-electron chi connectivity index (χ1n) is 7.11. The number of esters is 1. The number of piperidine rings is 1. The van der Waals surface area contributed by atoms with Gasteiger partial charge in [0.25, 0.3) is 0 Å². The standard InChI is InChI=1S/C14H24N2O5/c1-14(2)7-4-8-15-11(14)12(18)16-9(13(19)20)5-6-10(17)21-3/h9,11,15H,4-8H2,1-3H3,(H,16,18)(H,19,20)/t9-,11?/m1/s1. The summed E-state index contributed by atoms with van der Waals surface area (Å²) < 4.78 is 4.48. The highest BCUT2D eigenvalue weighted by Crippen LogP contribution is 2.30. The number of nitrogens with one attached hydrogen (secondary N) is 2. The normalized spacial score (nSPS) is 22.1. The van der Waals surface area contributed by atoms with Gasteiger partial charge in [-0.3, -0.25) is 9.59 Å². The highest BCUT2D eigenvalue weighted by atomic mass is 16.5. The van der Waals surface area contributed by atoms with Gasteiger partial charge in [-0.15, -0.1) is 0 Å². The van der Waals surface area contributed by atoms with E-state index in [0.29, 0.717) is 0 Å². The number of rotatable bonds is 6. The Morgan fingerprint density at radius 1 is 1.43 bits per heavy atom. The Kier molecular flexibility index (Phi) is 6.14. The summed E-state index contributed by atoms with van der Waals surface area (Å²) in [6.07, 6.45) is 1.86. The zero-order chi connectivity index (χ0) is 16.0. The molecule has 0 spiro atoms. The van der Waals surface area contributed by atoms with Crippen molar-refractivity contribution in [2.75, 3.05) is 13.7 Å². The first-order valence-corrected chi connectivity index (χ1v) is 7.11. The second kappa shape index (κ2) is 7.40. The lowest BCUT2D eigenvalue weighted by molar-refractivity contribution is -0.144. The molecule has 0 aromatic carbocycles. The fourth-order valence-electron chi connectivity index (χ4n) is 2.54. The van der Waals surface area contributed by atoms with Crippen LogP contribution in [-0.2, 0) is 19.1 Å². The average molecular weight is 300 g/mol. The van der Waals surface area contributed by atoms with E-state index in [2.05, 4.69) is 15.4 Å². The van der Waals surface area contributed by atoms with Gasteiger partial charge < -0.3 is 20.5 Å². The van der Waals surface area contributed by atoms with E-state index in [-0.39, 0.29) is 24.2 Å². The number of carboxylic acids is 1. The Labute approximate surface area is 124 Å². The van der Waals surface area contributed by atoms with Crippen molar-refractivity contribution in [1.82, 2.24) is 10.6 Å². The van der Waals surface area contributed by atoms with Gasteiger partial charge in [0.1, 0.15) is 6.04 Å². The van der Waals surface area contributed by atoms with E-state index < -0.39 is 24.0 Å². The van der Waals surface area contributed by atoms with Crippen molar-refractivity contribution in [3.8, 4) is 0 Å². The van der Waals surface area contributed by atoms with Gasteiger partial charge in [-0.25, -0.2) is 4.79 Å². The molecule has 1 rings (SSSR count). The van der Waals surface area contributed by atoms with Crippen molar-refractivity contribution in [2.24, 2.45) is 5.41 Å². The fraction of sp³-hybridized carbons (Fsp3) is 0.786. The third-order valence-electron chi connectivity index (χ3n) is 3.87. The first kappa shape index (κ1) is 17.4. The number of hydrogen-bond acceptors (Lipinski definition) is 5. The predicted octanol–water partition coefficient (Wildman–Crippen LogP) is 0.287. The van der Waals surface area contributed by atoms with Crippen LogP contribution in [0.15, 0.2) is 0 Å². The van der Waals surface area contributed by atoms with E-state index in [1.807, 2.05) is 13.8 Å². The van der Waals surface area contributed by atoms with E-state index in [0.717, 1.165) is 19.4 Å². The Hall–Kier alpha value is -1.63. The second-order valence-electron chi connectivity index (χ2n) is 5.99. The molecule has 0 saturated carbocycles. The second-order valence-corrected chi connectivity index (χ2v) is 5.99. The molecule has 1 saturated heterocycles. The number of aliphatic carboxylic acids is 1. The van der Waals surface area contributed by atoms with Crippen LogP contribution in [0.2, 0.25) is 0 Å². The smallest absolute Gasteiger partial charge is 0.326 e. The summed E-state index contributed by atoms with van der Waals surface area (Å²) >= 11 is 0. The van der Waals surface area contributed by atoms with E-state index in [1.165, 1.54) is 7.11 Å². The minimum atomic E-state index is -1.15. The zero-order valence-electron chi connectivity index (χ0n) is 12.8. The first-order chi connectivity index (χ1) is 9.77. The van der Waals surface area contributed by atoms with Crippen molar-refractivity contribution < 1.29 is 24.2 Å². The third kappa shape index (κ3) is 5.00. The summed E-state index contributed by atoms with van der Waals surface area (Å²) in [5, 5.41) is 14.8. The van der Waals surface area contributed by atoms with Gasteiger partial charge in [-0.1, -0.05) is 13.8 Å². The largest absolute Gasteiger partial charge is 0.480 e. The number of ether oxygens (including phenoxy) is 1. The van der Waals surface area contributed by atoms with Gasteiger partial charge in [0.05, 0.1) is 13.2 Å². The van der Waals surface area contributed by atoms with Crippen LogP contribution in [0.3, 0.4) is 0 Å². The maximum absolute atomic E-state index is 12.3. The summed E-state index contributed by atoms with van der Waals surface area (Å²) in [6, 6.07) is -1.51. The summed E-state index contributed by atoms with van der Waals surface area (Å²) in [5.41, 5.74) is -0.228. The molecule has 7 heteroatoms. The molecule has 1 heterocycles. The number of carbonyl (C=O) groups excluding carboxylic acids is 2.